The van der Waals surface area contributed by atoms with Gasteiger partial charge in [-0.1, -0.05) is 84.6 Å². The first-order chi connectivity index (χ1) is 15.3. The third-order valence-electron chi connectivity index (χ3n) is 4.97. The molecular weight excluding hydrogens is 406 g/mol. The van der Waals surface area contributed by atoms with Crippen LogP contribution in [0.1, 0.15) is 11.4 Å². The van der Waals surface area contributed by atoms with Crippen molar-refractivity contribution in [2.75, 3.05) is 0 Å². The Kier molecular flexibility index (Phi) is 5.33. The molecular formula is C24H19N5OS. The average molecular weight is 426 g/mol. The monoisotopic (exact) mass is 425 g/mol. The van der Waals surface area contributed by atoms with E-state index >= 15 is 0 Å². The lowest BCUT2D eigenvalue weighted by molar-refractivity contribution is 0.707. The van der Waals surface area contributed by atoms with Crippen LogP contribution in [-0.2, 0) is 12.3 Å². The second kappa shape index (κ2) is 8.57. The van der Waals surface area contributed by atoms with E-state index in [0.717, 1.165) is 17.0 Å². The molecule has 0 spiro atoms. The van der Waals surface area contributed by atoms with Crippen molar-refractivity contribution in [2.45, 2.75) is 17.5 Å². The Morgan fingerprint density at radius 1 is 0.839 bits per heavy atom. The maximum Gasteiger partial charge on any atom is 0.261 e. The smallest absolute Gasteiger partial charge is 0.261 e. The number of rotatable bonds is 6. The van der Waals surface area contributed by atoms with E-state index in [1.807, 2.05) is 84.9 Å². The first kappa shape index (κ1) is 19.3. The normalized spacial score (nSPS) is 11.1. The number of thioether (sulfide) groups is 1. The van der Waals surface area contributed by atoms with Gasteiger partial charge in [0.25, 0.3) is 5.56 Å². The minimum absolute atomic E-state index is 0.0370. The molecule has 1 N–H and O–H groups in total. The summed E-state index contributed by atoms with van der Waals surface area (Å²) in [6, 6.07) is 27.3. The molecule has 0 aliphatic heterocycles. The van der Waals surface area contributed by atoms with Crippen molar-refractivity contribution >= 4 is 22.7 Å². The van der Waals surface area contributed by atoms with E-state index in [0.29, 0.717) is 34.2 Å². The molecule has 0 unspecified atom stereocenters. The summed E-state index contributed by atoms with van der Waals surface area (Å²) >= 11 is 1.46. The Bertz CT molecular complexity index is 1380. The van der Waals surface area contributed by atoms with Crippen molar-refractivity contribution in [1.82, 2.24) is 24.7 Å². The molecule has 0 radical (unpaired) electrons. The van der Waals surface area contributed by atoms with E-state index in [-0.39, 0.29) is 5.56 Å². The number of H-pyrrole nitrogens is 1. The van der Waals surface area contributed by atoms with E-state index in [1.54, 1.807) is 4.57 Å². The predicted molar refractivity (Wildman–Crippen MR) is 123 cm³/mol. The van der Waals surface area contributed by atoms with Crippen LogP contribution in [0.5, 0.6) is 0 Å². The maximum atomic E-state index is 13.2. The molecule has 0 aliphatic rings. The third-order valence-corrected chi connectivity index (χ3v) is 5.81. The van der Waals surface area contributed by atoms with Crippen LogP contribution in [0, 0.1) is 0 Å². The van der Waals surface area contributed by atoms with Gasteiger partial charge in [0.1, 0.15) is 5.82 Å². The average Bonchev–Trinajstić information content (AvgIpc) is 3.30. The van der Waals surface area contributed by atoms with Gasteiger partial charge in [0, 0.05) is 5.56 Å². The van der Waals surface area contributed by atoms with Crippen LogP contribution >= 0.6 is 11.8 Å². The van der Waals surface area contributed by atoms with Crippen molar-refractivity contribution in [1.29, 1.82) is 0 Å². The highest BCUT2D eigenvalue weighted by Gasteiger charge is 2.13. The van der Waals surface area contributed by atoms with Crippen molar-refractivity contribution < 1.29 is 0 Å². The fraction of sp³-hybridized carbons (Fsp3) is 0.0833. The van der Waals surface area contributed by atoms with Gasteiger partial charge < -0.3 is 0 Å². The van der Waals surface area contributed by atoms with Gasteiger partial charge in [0.2, 0.25) is 5.16 Å². The molecule has 31 heavy (non-hydrogen) atoms. The summed E-state index contributed by atoms with van der Waals surface area (Å²) in [6.45, 7) is 0.469. The molecule has 5 aromatic rings. The molecule has 0 aliphatic carbocycles. The van der Waals surface area contributed by atoms with Gasteiger partial charge in [-0.25, -0.2) is 9.97 Å². The number of aromatic nitrogens is 5. The van der Waals surface area contributed by atoms with Crippen molar-refractivity contribution in [2.24, 2.45) is 0 Å². The van der Waals surface area contributed by atoms with Crippen LogP contribution in [0.4, 0.5) is 0 Å². The Hall–Kier alpha value is -3.71. The second-order valence-electron chi connectivity index (χ2n) is 7.04. The highest BCUT2D eigenvalue weighted by molar-refractivity contribution is 7.98. The number of nitrogens with zero attached hydrogens (tertiary/aromatic N) is 4. The zero-order valence-corrected chi connectivity index (χ0v) is 17.4. The predicted octanol–water partition coefficient (Wildman–Crippen LogP) is 4.52. The zero-order chi connectivity index (χ0) is 21.0. The van der Waals surface area contributed by atoms with Crippen molar-refractivity contribution in [3.05, 3.63) is 107 Å². The van der Waals surface area contributed by atoms with Gasteiger partial charge in [-0.05, 0) is 17.7 Å². The third kappa shape index (κ3) is 4.13. The summed E-state index contributed by atoms with van der Waals surface area (Å²) in [5.41, 5.74) is 2.70. The number of para-hydroxylation sites is 1. The number of fused-ring (bicyclic) bond motifs is 1. The number of aromatic amines is 1. The first-order valence-corrected chi connectivity index (χ1v) is 10.9. The number of hydrogen-bond acceptors (Lipinski definition) is 5. The topological polar surface area (TPSA) is 76.5 Å². The van der Waals surface area contributed by atoms with E-state index in [4.69, 9.17) is 4.98 Å². The molecule has 0 saturated heterocycles. The first-order valence-electron chi connectivity index (χ1n) is 9.91. The Balaban J connectivity index is 1.47. The molecule has 0 saturated carbocycles. The number of hydrogen-bond donors (Lipinski definition) is 1. The lowest BCUT2D eigenvalue weighted by atomic mass is 10.2. The molecule has 2 heterocycles. The van der Waals surface area contributed by atoms with E-state index in [2.05, 4.69) is 15.2 Å². The van der Waals surface area contributed by atoms with Crippen LogP contribution in [0.25, 0.3) is 22.3 Å². The lowest BCUT2D eigenvalue weighted by Crippen LogP contribution is -2.25. The summed E-state index contributed by atoms with van der Waals surface area (Å²) in [5.74, 6) is 1.90. The van der Waals surface area contributed by atoms with Gasteiger partial charge in [0.05, 0.1) is 23.2 Å². The second-order valence-corrected chi connectivity index (χ2v) is 7.99. The minimum atomic E-state index is -0.0370. The molecule has 0 fully saturated rings. The van der Waals surface area contributed by atoms with Crippen LogP contribution in [0.2, 0.25) is 0 Å². The Morgan fingerprint density at radius 3 is 2.35 bits per heavy atom. The molecule has 5 rings (SSSR count). The number of benzene rings is 3. The maximum absolute atomic E-state index is 13.2. The van der Waals surface area contributed by atoms with Crippen LogP contribution in [-0.4, -0.2) is 24.7 Å². The van der Waals surface area contributed by atoms with Gasteiger partial charge in [-0.2, -0.15) is 0 Å². The summed E-state index contributed by atoms with van der Waals surface area (Å²) in [6.07, 6.45) is 0. The van der Waals surface area contributed by atoms with E-state index in [9.17, 15) is 4.79 Å². The molecule has 3 aromatic carbocycles. The van der Waals surface area contributed by atoms with Crippen molar-refractivity contribution in [3.8, 4) is 11.4 Å². The summed E-state index contributed by atoms with van der Waals surface area (Å²) in [5, 5.41) is 8.54. The van der Waals surface area contributed by atoms with Crippen molar-refractivity contribution in [3.63, 3.8) is 0 Å². The van der Waals surface area contributed by atoms with E-state index < -0.39 is 0 Å². The molecule has 6 nitrogen and oxygen atoms in total. The minimum Gasteiger partial charge on any atom is -0.291 e. The van der Waals surface area contributed by atoms with Gasteiger partial charge in [-0.3, -0.25) is 14.5 Å². The molecule has 152 valence electrons. The standard InChI is InChI=1S/C24H19N5OS/c30-23-19-13-7-8-14-20(19)25-21(29(23)15-17-9-3-1-4-10-17)16-31-24-26-22(27-28-24)18-11-5-2-6-12-18/h1-14H,15-16H2,(H,26,27,28). The van der Waals surface area contributed by atoms with Crippen LogP contribution in [0.15, 0.2) is 94.9 Å². The summed E-state index contributed by atoms with van der Waals surface area (Å²) in [4.78, 5) is 22.6. The lowest BCUT2D eigenvalue weighted by Gasteiger charge is -2.13. The van der Waals surface area contributed by atoms with E-state index in [1.165, 1.54) is 11.8 Å². The SMILES string of the molecule is O=c1c2ccccc2nc(CSc2n[nH]c(-c3ccccc3)n2)n1Cc1ccccc1. The fourth-order valence-corrected chi connectivity index (χ4v) is 4.16. The Morgan fingerprint density at radius 2 is 1.55 bits per heavy atom. The van der Waals surface area contributed by atoms with Crippen LogP contribution in [0.3, 0.4) is 0 Å². The molecule has 0 atom stereocenters. The zero-order valence-electron chi connectivity index (χ0n) is 16.6. The quantitative estimate of drug-likeness (QED) is 0.405. The fourth-order valence-electron chi connectivity index (χ4n) is 3.42. The van der Waals surface area contributed by atoms with Gasteiger partial charge >= 0.3 is 0 Å². The van der Waals surface area contributed by atoms with Gasteiger partial charge in [0.15, 0.2) is 5.82 Å². The molecule has 7 heteroatoms. The Labute approximate surface area is 183 Å². The van der Waals surface area contributed by atoms with Gasteiger partial charge in [-0.15, -0.1) is 5.10 Å². The molecule has 0 amide bonds. The highest BCUT2D eigenvalue weighted by Crippen LogP contribution is 2.22. The molecule has 0 bridgehead atoms. The molecule has 2 aromatic heterocycles. The number of nitrogens with one attached hydrogen (secondary N) is 1. The highest BCUT2D eigenvalue weighted by atomic mass is 32.2. The summed E-state index contributed by atoms with van der Waals surface area (Å²) < 4.78 is 1.75. The summed E-state index contributed by atoms with van der Waals surface area (Å²) in [7, 11) is 0. The van der Waals surface area contributed by atoms with Crippen LogP contribution < -0.4 is 5.56 Å². The largest absolute Gasteiger partial charge is 0.291 e.